The number of hydrogen-bond acceptors (Lipinski definition) is 4. The number of amides is 1. The van der Waals surface area contributed by atoms with Gasteiger partial charge in [0.25, 0.3) is 5.91 Å². The molecule has 0 saturated carbocycles. The summed E-state index contributed by atoms with van der Waals surface area (Å²) in [5.41, 5.74) is 3.77. The van der Waals surface area contributed by atoms with Crippen molar-refractivity contribution in [3.05, 3.63) is 52.0 Å². The van der Waals surface area contributed by atoms with Gasteiger partial charge in [-0.15, -0.1) is 11.3 Å². The Morgan fingerprint density at radius 1 is 1.35 bits per heavy atom. The van der Waals surface area contributed by atoms with Crippen molar-refractivity contribution in [1.82, 2.24) is 9.88 Å². The third-order valence-corrected chi connectivity index (χ3v) is 5.53. The molecule has 1 aliphatic rings. The summed E-state index contributed by atoms with van der Waals surface area (Å²) in [5, 5.41) is 0. The van der Waals surface area contributed by atoms with E-state index >= 15 is 0 Å². The SMILES string of the molecule is COCc1ncsc1C(=O)N1[C@H](C)C[C@H](c2ccccc2)[C@@H]1C. The van der Waals surface area contributed by atoms with Gasteiger partial charge in [-0.25, -0.2) is 4.98 Å². The largest absolute Gasteiger partial charge is 0.378 e. The first-order valence-corrected chi connectivity index (χ1v) is 8.80. The Balaban J connectivity index is 1.85. The fourth-order valence-electron chi connectivity index (χ4n) is 3.57. The van der Waals surface area contributed by atoms with E-state index in [1.54, 1.807) is 12.6 Å². The van der Waals surface area contributed by atoms with Crippen LogP contribution in [0.5, 0.6) is 0 Å². The Labute approximate surface area is 141 Å². The Bertz CT molecular complexity index is 671. The molecule has 4 nitrogen and oxygen atoms in total. The predicted molar refractivity (Wildman–Crippen MR) is 91.7 cm³/mol. The summed E-state index contributed by atoms with van der Waals surface area (Å²) in [6.07, 6.45) is 0.995. The molecule has 3 rings (SSSR count). The number of carbonyl (C=O) groups is 1. The van der Waals surface area contributed by atoms with Crippen molar-refractivity contribution < 1.29 is 9.53 Å². The third-order valence-electron chi connectivity index (χ3n) is 4.67. The standard InChI is InChI=1S/C18H22N2O2S/c1-12-9-15(14-7-5-4-6-8-14)13(2)20(12)18(21)17-16(10-22-3)19-11-23-17/h4-8,11-13,15H,9-10H2,1-3H3/t12-,13+,15+/m1/s1. The van der Waals surface area contributed by atoms with Crippen molar-refractivity contribution in [2.45, 2.75) is 44.9 Å². The zero-order valence-electron chi connectivity index (χ0n) is 13.7. The molecule has 0 unspecified atom stereocenters. The molecule has 0 N–H and O–H groups in total. The van der Waals surface area contributed by atoms with Gasteiger partial charge in [0.1, 0.15) is 4.88 Å². The number of rotatable bonds is 4. The van der Waals surface area contributed by atoms with Gasteiger partial charge >= 0.3 is 0 Å². The molecule has 5 heteroatoms. The summed E-state index contributed by atoms with van der Waals surface area (Å²) in [7, 11) is 1.63. The van der Waals surface area contributed by atoms with Gasteiger partial charge in [-0.2, -0.15) is 0 Å². The summed E-state index contributed by atoms with van der Waals surface area (Å²) in [6.45, 7) is 4.66. The van der Waals surface area contributed by atoms with E-state index in [1.807, 2.05) is 11.0 Å². The molecule has 1 aromatic carbocycles. The number of carbonyl (C=O) groups excluding carboxylic acids is 1. The lowest BCUT2D eigenvalue weighted by Crippen LogP contribution is -2.39. The molecule has 1 aliphatic heterocycles. The molecule has 3 atom stereocenters. The fourth-order valence-corrected chi connectivity index (χ4v) is 4.31. The summed E-state index contributed by atoms with van der Waals surface area (Å²) < 4.78 is 5.16. The first-order chi connectivity index (χ1) is 11.1. The van der Waals surface area contributed by atoms with Crippen LogP contribution in [0.3, 0.4) is 0 Å². The van der Waals surface area contributed by atoms with Crippen molar-refractivity contribution in [3.63, 3.8) is 0 Å². The van der Waals surface area contributed by atoms with Gasteiger partial charge in [0.2, 0.25) is 0 Å². The van der Waals surface area contributed by atoms with Gasteiger partial charge in [-0.05, 0) is 25.8 Å². The van der Waals surface area contributed by atoms with Crippen LogP contribution in [0.15, 0.2) is 35.8 Å². The molecule has 0 bridgehead atoms. The molecule has 2 aromatic rings. The smallest absolute Gasteiger partial charge is 0.266 e. The van der Waals surface area contributed by atoms with Crippen LogP contribution in [0.4, 0.5) is 0 Å². The van der Waals surface area contributed by atoms with Crippen molar-refractivity contribution in [3.8, 4) is 0 Å². The van der Waals surface area contributed by atoms with Crippen LogP contribution in [-0.2, 0) is 11.3 Å². The zero-order valence-corrected chi connectivity index (χ0v) is 14.5. The maximum atomic E-state index is 13.0. The first kappa shape index (κ1) is 16.1. The van der Waals surface area contributed by atoms with Crippen LogP contribution in [-0.4, -0.2) is 35.0 Å². The molecule has 1 amide bonds. The van der Waals surface area contributed by atoms with E-state index in [0.717, 1.165) is 12.1 Å². The predicted octanol–water partition coefficient (Wildman–Crippen LogP) is 3.70. The second-order valence-corrected chi connectivity index (χ2v) is 6.97. The van der Waals surface area contributed by atoms with E-state index in [2.05, 4.69) is 43.1 Å². The lowest BCUT2D eigenvalue weighted by Gasteiger charge is -2.27. The van der Waals surface area contributed by atoms with E-state index in [1.165, 1.54) is 16.9 Å². The highest BCUT2D eigenvalue weighted by molar-refractivity contribution is 7.11. The second kappa shape index (κ2) is 6.81. The normalized spacial score (nSPS) is 24.1. The zero-order chi connectivity index (χ0) is 16.4. The molecule has 2 heterocycles. The van der Waals surface area contributed by atoms with Crippen LogP contribution in [0.2, 0.25) is 0 Å². The summed E-state index contributed by atoms with van der Waals surface area (Å²) >= 11 is 1.40. The van der Waals surface area contributed by atoms with E-state index in [9.17, 15) is 4.79 Å². The van der Waals surface area contributed by atoms with Gasteiger partial charge in [-0.1, -0.05) is 30.3 Å². The lowest BCUT2D eigenvalue weighted by atomic mass is 9.92. The van der Waals surface area contributed by atoms with E-state index in [-0.39, 0.29) is 18.0 Å². The minimum atomic E-state index is 0.0815. The van der Waals surface area contributed by atoms with E-state index in [4.69, 9.17) is 4.74 Å². The Hall–Kier alpha value is -1.72. The van der Waals surface area contributed by atoms with Crippen molar-refractivity contribution in [2.75, 3.05) is 7.11 Å². The summed E-state index contributed by atoms with van der Waals surface area (Å²) in [4.78, 5) is 20.0. The minimum Gasteiger partial charge on any atom is -0.378 e. The van der Waals surface area contributed by atoms with E-state index < -0.39 is 0 Å². The third kappa shape index (κ3) is 3.03. The second-order valence-electron chi connectivity index (χ2n) is 6.12. The molecule has 0 aliphatic carbocycles. The molecule has 1 saturated heterocycles. The maximum absolute atomic E-state index is 13.0. The van der Waals surface area contributed by atoms with Gasteiger partial charge in [-0.3, -0.25) is 4.79 Å². The van der Waals surface area contributed by atoms with Crippen LogP contribution in [0.25, 0.3) is 0 Å². The maximum Gasteiger partial charge on any atom is 0.266 e. The fraction of sp³-hybridized carbons (Fsp3) is 0.444. The molecular weight excluding hydrogens is 308 g/mol. The number of aromatic nitrogens is 1. The number of nitrogens with zero attached hydrogens (tertiary/aromatic N) is 2. The minimum absolute atomic E-state index is 0.0815. The van der Waals surface area contributed by atoms with Crippen LogP contribution in [0.1, 0.15) is 47.1 Å². The quantitative estimate of drug-likeness (QED) is 0.858. The van der Waals surface area contributed by atoms with Gasteiger partial charge in [0, 0.05) is 25.1 Å². The number of ether oxygens (including phenoxy) is 1. The Morgan fingerprint density at radius 2 is 2.09 bits per heavy atom. The Kier molecular flexibility index (Phi) is 4.78. The van der Waals surface area contributed by atoms with Crippen LogP contribution in [0, 0.1) is 0 Å². The van der Waals surface area contributed by atoms with Gasteiger partial charge < -0.3 is 9.64 Å². The van der Waals surface area contributed by atoms with E-state index in [0.29, 0.717) is 17.4 Å². The molecule has 1 fully saturated rings. The first-order valence-electron chi connectivity index (χ1n) is 7.92. The molecule has 0 radical (unpaired) electrons. The van der Waals surface area contributed by atoms with Crippen molar-refractivity contribution in [1.29, 1.82) is 0 Å². The molecular formula is C18H22N2O2S. The number of thiazole rings is 1. The number of benzene rings is 1. The average Bonchev–Trinajstić information content (AvgIpc) is 3.13. The lowest BCUT2D eigenvalue weighted by molar-refractivity contribution is 0.0688. The van der Waals surface area contributed by atoms with Crippen LogP contribution >= 0.6 is 11.3 Å². The molecule has 23 heavy (non-hydrogen) atoms. The number of likely N-dealkylation sites (tertiary alicyclic amines) is 1. The summed E-state index contributed by atoms with van der Waals surface area (Å²) in [6, 6.07) is 10.9. The summed E-state index contributed by atoms with van der Waals surface area (Å²) in [5.74, 6) is 0.465. The highest BCUT2D eigenvalue weighted by atomic mass is 32.1. The Morgan fingerprint density at radius 3 is 2.78 bits per heavy atom. The monoisotopic (exact) mass is 330 g/mol. The highest BCUT2D eigenvalue weighted by Crippen LogP contribution is 2.38. The number of hydrogen-bond donors (Lipinski definition) is 0. The average molecular weight is 330 g/mol. The van der Waals surface area contributed by atoms with Gasteiger partial charge in [0.15, 0.2) is 0 Å². The number of methoxy groups -OCH3 is 1. The highest BCUT2D eigenvalue weighted by Gasteiger charge is 2.40. The van der Waals surface area contributed by atoms with Crippen LogP contribution < -0.4 is 0 Å². The molecule has 1 aromatic heterocycles. The van der Waals surface area contributed by atoms with Crippen molar-refractivity contribution >= 4 is 17.2 Å². The topological polar surface area (TPSA) is 42.4 Å². The van der Waals surface area contributed by atoms with Gasteiger partial charge in [0.05, 0.1) is 17.8 Å². The van der Waals surface area contributed by atoms with Crippen molar-refractivity contribution in [2.24, 2.45) is 0 Å². The molecule has 122 valence electrons. The molecule has 0 spiro atoms.